The zero-order chi connectivity index (χ0) is 18.7. The fourth-order valence-corrected chi connectivity index (χ4v) is 4.73. The van der Waals surface area contributed by atoms with E-state index in [0.717, 1.165) is 23.3 Å². The average Bonchev–Trinajstić information content (AvgIpc) is 3.15. The fraction of sp³-hybridized carbons (Fsp3) is 0.421. The molecule has 1 N–H and O–H groups in total. The zero-order valence-electron chi connectivity index (χ0n) is 14.7. The second-order valence-corrected chi connectivity index (χ2v) is 9.77. The normalized spacial score (nSPS) is 17.2. The Labute approximate surface area is 158 Å². The van der Waals surface area contributed by atoms with Crippen molar-refractivity contribution < 1.29 is 18.3 Å². The molecule has 1 fully saturated rings. The maximum absolute atomic E-state index is 12.5. The highest BCUT2D eigenvalue weighted by Crippen LogP contribution is 2.33. The van der Waals surface area contributed by atoms with Gasteiger partial charge in [0.1, 0.15) is 0 Å². The smallest absolute Gasteiger partial charge is 0.226 e. The number of likely N-dealkylation sites (tertiary alicyclic amines) is 1. The Balaban J connectivity index is 1.54. The number of thiophene rings is 1. The number of aliphatic hydroxyl groups is 1. The van der Waals surface area contributed by atoms with Gasteiger partial charge >= 0.3 is 0 Å². The number of carbonyl (C=O) groups is 1. The number of piperidine rings is 1. The molecule has 0 aliphatic carbocycles. The van der Waals surface area contributed by atoms with Crippen LogP contribution in [0.2, 0.25) is 0 Å². The van der Waals surface area contributed by atoms with Crippen molar-refractivity contribution in [1.29, 1.82) is 0 Å². The topological polar surface area (TPSA) is 74.7 Å². The zero-order valence-corrected chi connectivity index (χ0v) is 16.3. The first-order valence-corrected chi connectivity index (χ1v) is 11.4. The van der Waals surface area contributed by atoms with Crippen molar-refractivity contribution in [3.8, 4) is 0 Å². The molecule has 1 aliphatic rings. The molecule has 7 heteroatoms. The van der Waals surface area contributed by atoms with Crippen LogP contribution in [-0.4, -0.2) is 43.7 Å². The van der Waals surface area contributed by atoms with E-state index in [2.05, 4.69) is 0 Å². The van der Waals surface area contributed by atoms with E-state index in [1.54, 1.807) is 35.6 Å². The lowest BCUT2D eigenvalue weighted by atomic mass is 9.90. The Hall–Kier alpha value is -1.70. The molecule has 1 unspecified atom stereocenters. The van der Waals surface area contributed by atoms with Gasteiger partial charge in [-0.3, -0.25) is 4.79 Å². The van der Waals surface area contributed by atoms with E-state index in [0.29, 0.717) is 13.1 Å². The van der Waals surface area contributed by atoms with Crippen LogP contribution >= 0.6 is 11.3 Å². The summed E-state index contributed by atoms with van der Waals surface area (Å²) in [6.07, 6.45) is 2.57. The number of aliphatic hydroxyl groups excluding tert-OH is 1. The van der Waals surface area contributed by atoms with Crippen LogP contribution in [0.4, 0.5) is 0 Å². The third kappa shape index (κ3) is 4.52. The van der Waals surface area contributed by atoms with Crippen LogP contribution in [-0.2, 0) is 21.1 Å². The van der Waals surface area contributed by atoms with Crippen molar-refractivity contribution in [1.82, 2.24) is 4.90 Å². The van der Waals surface area contributed by atoms with Gasteiger partial charge in [0, 0.05) is 24.2 Å². The molecule has 1 aromatic carbocycles. The van der Waals surface area contributed by atoms with Crippen molar-refractivity contribution >= 4 is 27.1 Å². The van der Waals surface area contributed by atoms with E-state index in [4.69, 9.17) is 0 Å². The van der Waals surface area contributed by atoms with E-state index < -0.39 is 15.9 Å². The molecule has 140 valence electrons. The predicted molar refractivity (Wildman–Crippen MR) is 102 cm³/mol. The van der Waals surface area contributed by atoms with E-state index in [9.17, 15) is 18.3 Å². The minimum atomic E-state index is -3.22. The first-order valence-electron chi connectivity index (χ1n) is 8.63. The van der Waals surface area contributed by atoms with Crippen LogP contribution in [0.15, 0.2) is 46.7 Å². The molecule has 26 heavy (non-hydrogen) atoms. The highest BCUT2D eigenvalue weighted by atomic mass is 32.2. The summed E-state index contributed by atoms with van der Waals surface area (Å²) in [5.41, 5.74) is 0.808. The summed E-state index contributed by atoms with van der Waals surface area (Å²) >= 11 is 1.56. The first-order chi connectivity index (χ1) is 12.3. The van der Waals surface area contributed by atoms with Gasteiger partial charge in [0.15, 0.2) is 9.84 Å². The van der Waals surface area contributed by atoms with Crippen molar-refractivity contribution in [2.24, 2.45) is 5.92 Å². The number of hydrogen-bond donors (Lipinski definition) is 1. The van der Waals surface area contributed by atoms with Gasteiger partial charge in [-0.05, 0) is 47.9 Å². The van der Waals surface area contributed by atoms with Crippen LogP contribution in [0.3, 0.4) is 0 Å². The number of sulfone groups is 1. The molecule has 3 rings (SSSR count). The predicted octanol–water partition coefficient (Wildman–Crippen LogP) is 2.67. The summed E-state index contributed by atoms with van der Waals surface area (Å²) in [6.45, 7) is 1.29. The summed E-state index contributed by atoms with van der Waals surface area (Å²) in [5.74, 6) is 0.230. The van der Waals surface area contributed by atoms with E-state index in [1.165, 1.54) is 6.26 Å². The molecule has 5 nitrogen and oxygen atoms in total. The first kappa shape index (κ1) is 19.1. The molecule has 1 saturated heterocycles. The standard InChI is InChI=1S/C19H23NO4S2/c1-26(23,24)16-6-4-14(5-7-16)13-18(21)20-10-8-15(9-11-20)19(22)17-3-2-12-25-17/h2-7,12,15,19,22H,8-11,13H2,1H3. The summed E-state index contributed by atoms with van der Waals surface area (Å²) in [5, 5.41) is 12.4. The van der Waals surface area contributed by atoms with E-state index in [-0.39, 0.29) is 23.1 Å². The molecule has 0 radical (unpaired) electrons. The van der Waals surface area contributed by atoms with Crippen molar-refractivity contribution in [3.05, 3.63) is 52.2 Å². The average molecular weight is 394 g/mol. The maximum Gasteiger partial charge on any atom is 0.226 e. The fourth-order valence-electron chi connectivity index (χ4n) is 3.30. The lowest BCUT2D eigenvalue weighted by Crippen LogP contribution is -2.40. The molecular formula is C19H23NO4S2. The second-order valence-electron chi connectivity index (χ2n) is 6.77. The third-order valence-corrected chi connectivity index (χ3v) is 6.95. The van der Waals surface area contributed by atoms with Gasteiger partial charge in [-0.2, -0.15) is 0 Å². The van der Waals surface area contributed by atoms with Crippen LogP contribution in [0.25, 0.3) is 0 Å². The van der Waals surface area contributed by atoms with Crippen LogP contribution in [0, 0.1) is 5.92 Å². The Morgan fingerprint density at radius 2 is 1.88 bits per heavy atom. The number of nitrogens with zero attached hydrogens (tertiary/aromatic N) is 1. The van der Waals surface area contributed by atoms with Crippen LogP contribution in [0.5, 0.6) is 0 Å². The van der Waals surface area contributed by atoms with Crippen LogP contribution < -0.4 is 0 Å². The number of amides is 1. The van der Waals surface area contributed by atoms with E-state index >= 15 is 0 Å². The largest absolute Gasteiger partial charge is 0.387 e. The number of rotatable bonds is 5. The minimum absolute atomic E-state index is 0.0427. The minimum Gasteiger partial charge on any atom is -0.387 e. The Bertz CT molecular complexity index is 836. The Morgan fingerprint density at radius 3 is 2.42 bits per heavy atom. The Morgan fingerprint density at radius 1 is 1.23 bits per heavy atom. The third-order valence-electron chi connectivity index (χ3n) is 4.88. The number of carbonyl (C=O) groups excluding carboxylic acids is 1. The molecule has 1 amide bonds. The molecule has 2 heterocycles. The molecule has 1 aliphatic heterocycles. The highest BCUT2D eigenvalue weighted by Gasteiger charge is 2.28. The van der Waals surface area contributed by atoms with Crippen LogP contribution in [0.1, 0.15) is 29.4 Å². The number of hydrogen-bond acceptors (Lipinski definition) is 5. The lowest BCUT2D eigenvalue weighted by molar-refractivity contribution is -0.132. The molecule has 0 bridgehead atoms. The summed E-state index contributed by atoms with van der Waals surface area (Å²) in [7, 11) is -3.22. The van der Waals surface area contributed by atoms with E-state index in [1.807, 2.05) is 22.4 Å². The van der Waals surface area contributed by atoms with Gasteiger partial charge in [-0.25, -0.2) is 8.42 Å². The molecule has 1 atom stereocenters. The monoisotopic (exact) mass is 393 g/mol. The summed E-state index contributed by atoms with van der Waals surface area (Å²) in [4.78, 5) is 15.6. The maximum atomic E-state index is 12.5. The lowest BCUT2D eigenvalue weighted by Gasteiger charge is -2.34. The molecule has 1 aromatic heterocycles. The highest BCUT2D eigenvalue weighted by molar-refractivity contribution is 7.90. The van der Waals surface area contributed by atoms with Gasteiger partial charge in [0.2, 0.25) is 5.91 Å². The van der Waals surface area contributed by atoms with Crippen molar-refractivity contribution in [2.45, 2.75) is 30.3 Å². The van der Waals surface area contributed by atoms with Gasteiger partial charge in [0.05, 0.1) is 17.4 Å². The number of benzene rings is 1. The second kappa shape index (κ2) is 7.90. The summed E-state index contributed by atoms with van der Waals surface area (Å²) < 4.78 is 23.0. The van der Waals surface area contributed by atoms with Gasteiger partial charge < -0.3 is 10.0 Å². The molecule has 0 spiro atoms. The Kier molecular flexibility index (Phi) is 5.79. The summed E-state index contributed by atoms with van der Waals surface area (Å²) in [6, 6.07) is 10.4. The molecule has 2 aromatic rings. The molecular weight excluding hydrogens is 370 g/mol. The van der Waals surface area contributed by atoms with Crippen molar-refractivity contribution in [2.75, 3.05) is 19.3 Å². The van der Waals surface area contributed by atoms with Gasteiger partial charge in [0.25, 0.3) is 0 Å². The van der Waals surface area contributed by atoms with Crippen molar-refractivity contribution in [3.63, 3.8) is 0 Å². The quantitative estimate of drug-likeness (QED) is 0.847. The molecule has 0 saturated carbocycles. The van der Waals surface area contributed by atoms with Gasteiger partial charge in [-0.1, -0.05) is 18.2 Å². The van der Waals surface area contributed by atoms with Gasteiger partial charge in [-0.15, -0.1) is 11.3 Å². The SMILES string of the molecule is CS(=O)(=O)c1ccc(CC(=O)N2CCC(C(O)c3cccs3)CC2)cc1.